The van der Waals surface area contributed by atoms with E-state index >= 15 is 0 Å². The quantitative estimate of drug-likeness (QED) is 0.934. The first-order valence-electron chi connectivity index (χ1n) is 7.81. The normalized spacial score (nSPS) is 15.4. The predicted octanol–water partition coefficient (Wildman–Crippen LogP) is 1.54. The highest BCUT2D eigenvalue weighted by Gasteiger charge is 2.25. The molecule has 0 aliphatic carbocycles. The van der Waals surface area contributed by atoms with Crippen molar-refractivity contribution in [2.45, 2.75) is 13.8 Å². The molecule has 0 radical (unpaired) electrons. The zero-order valence-corrected chi connectivity index (χ0v) is 13.1. The Balaban J connectivity index is 1.69. The number of aromatic amines is 1. The Bertz CT molecular complexity index is 642. The van der Waals surface area contributed by atoms with Crippen molar-refractivity contribution in [3.63, 3.8) is 0 Å². The van der Waals surface area contributed by atoms with Gasteiger partial charge in [-0.05, 0) is 19.9 Å². The van der Waals surface area contributed by atoms with E-state index in [4.69, 9.17) is 0 Å². The van der Waals surface area contributed by atoms with E-state index < -0.39 is 0 Å². The van der Waals surface area contributed by atoms with Gasteiger partial charge in [0.25, 0.3) is 0 Å². The lowest BCUT2D eigenvalue weighted by Crippen LogP contribution is -2.53. The fraction of sp³-hybridized carbons (Fsp3) is 0.533. The molecule has 1 fully saturated rings. The summed E-state index contributed by atoms with van der Waals surface area (Å²) in [6.45, 7) is 8.56. The maximum atomic E-state index is 12.4. The van der Waals surface area contributed by atoms with Crippen LogP contribution in [0.1, 0.15) is 13.8 Å². The Kier molecular flexibility index (Phi) is 4.13. The van der Waals surface area contributed by atoms with Crippen LogP contribution in [0.4, 0.5) is 10.6 Å². The summed E-state index contributed by atoms with van der Waals surface area (Å²) in [5.74, 6) is 0.921. The Hall–Kier alpha value is -2.31. The fourth-order valence-corrected chi connectivity index (χ4v) is 2.90. The van der Waals surface area contributed by atoms with Gasteiger partial charge in [0.1, 0.15) is 11.8 Å². The number of anilines is 1. The summed E-state index contributed by atoms with van der Waals surface area (Å²) in [6.07, 6.45) is 3.47. The van der Waals surface area contributed by atoms with Crippen molar-refractivity contribution in [2.24, 2.45) is 0 Å². The lowest BCUT2D eigenvalue weighted by atomic mass is 10.3. The molecule has 0 bridgehead atoms. The summed E-state index contributed by atoms with van der Waals surface area (Å²) in [7, 11) is 0. The lowest BCUT2D eigenvalue weighted by molar-refractivity contribution is 0.154. The Morgan fingerprint density at radius 2 is 1.95 bits per heavy atom. The number of hydrogen-bond acceptors (Lipinski definition) is 4. The van der Waals surface area contributed by atoms with E-state index in [1.807, 2.05) is 35.9 Å². The molecule has 1 N–H and O–H groups in total. The second-order valence-corrected chi connectivity index (χ2v) is 5.36. The number of rotatable bonds is 3. The van der Waals surface area contributed by atoms with E-state index in [1.54, 1.807) is 6.33 Å². The van der Waals surface area contributed by atoms with Crippen LogP contribution in [-0.2, 0) is 0 Å². The molecule has 3 rings (SSSR count). The second kappa shape index (κ2) is 6.21. The van der Waals surface area contributed by atoms with Crippen molar-refractivity contribution < 1.29 is 4.79 Å². The minimum absolute atomic E-state index is 0.136. The van der Waals surface area contributed by atoms with Gasteiger partial charge in [-0.2, -0.15) is 0 Å². The Labute approximate surface area is 129 Å². The van der Waals surface area contributed by atoms with Gasteiger partial charge in [0.05, 0.1) is 5.52 Å². The largest absolute Gasteiger partial charge is 0.357 e. The molecule has 2 aromatic heterocycles. The molecule has 22 heavy (non-hydrogen) atoms. The highest BCUT2D eigenvalue weighted by Crippen LogP contribution is 2.22. The number of H-pyrrole nitrogens is 1. The molecule has 118 valence electrons. The summed E-state index contributed by atoms with van der Waals surface area (Å²) in [4.78, 5) is 30.2. The van der Waals surface area contributed by atoms with Gasteiger partial charge in [0.15, 0.2) is 5.82 Å². The van der Waals surface area contributed by atoms with Crippen molar-refractivity contribution in [1.82, 2.24) is 24.8 Å². The summed E-state index contributed by atoms with van der Waals surface area (Å²) >= 11 is 0. The van der Waals surface area contributed by atoms with E-state index in [0.29, 0.717) is 0 Å². The van der Waals surface area contributed by atoms with Crippen molar-refractivity contribution in [1.29, 1.82) is 0 Å². The van der Waals surface area contributed by atoms with E-state index in [-0.39, 0.29) is 6.03 Å². The summed E-state index contributed by atoms with van der Waals surface area (Å²) in [5.41, 5.74) is 1.89. The van der Waals surface area contributed by atoms with Crippen molar-refractivity contribution >= 4 is 22.9 Å². The first kappa shape index (κ1) is 14.6. The molecule has 1 aliphatic heterocycles. The van der Waals surface area contributed by atoms with Gasteiger partial charge in [0.2, 0.25) is 0 Å². The Morgan fingerprint density at radius 3 is 2.64 bits per heavy atom. The number of piperazine rings is 1. The van der Waals surface area contributed by atoms with Gasteiger partial charge in [0, 0.05) is 45.5 Å². The number of nitrogens with zero attached hydrogens (tertiary/aromatic N) is 5. The highest BCUT2D eigenvalue weighted by atomic mass is 16.2. The molecule has 0 atom stereocenters. The topological polar surface area (TPSA) is 68.4 Å². The zero-order valence-electron chi connectivity index (χ0n) is 13.1. The molecular formula is C15H22N6O. The maximum absolute atomic E-state index is 12.4. The minimum atomic E-state index is 0.136. The third-order valence-corrected chi connectivity index (χ3v) is 4.21. The Morgan fingerprint density at radius 1 is 1.23 bits per heavy atom. The minimum Gasteiger partial charge on any atom is -0.357 e. The van der Waals surface area contributed by atoms with E-state index in [1.165, 1.54) is 0 Å². The lowest BCUT2D eigenvalue weighted by Gasteiger charge is -2.37. The number of fused-ring (bicyclic) bond motifs is 1. The SMILES string of the molecule is CCN(CC)C(=O)N1CCN(c2ncnc3cc[nH]c23)CC1. The van der Waals surface area contributed by atoms with Crippen LogP contribution in [0.15, 0.2) is 18.6 Å². The molecule has 0 saturated carbocycles. The number of urea groups is 1. The average Bonchev–Trinajstić information content (AvgIpc) is 3.04. The zero-order chi connectivity index (χ0) is 15.5. The molecule has 0 unspecified atom stereocenters. The fourth-order valence-electron chi connectivity index (χ4n) is 2.90. The summed E-state index contributed by atoms with van der Waals surface area (Å²) in [6, 6.07) is 2.08. The number of carbonyl (C=O) groups is 1. The molecule has 1 saturated heterocycles. The first-order valence-corrected chi connectivity index (χ1v) is 7.81. The molecule has 0 spiro atoms. The molecule has 3 heterocycles. The van der Waals surface area contributed by atoms with Crippen LogP contribution in [-0.4, -0.2) is 70.1 Å². The van der Waals surface area contributed by atoms with E-state index in [2.05, 4.69) is 19.9 Å². The molecular weight excluding hydrogens is 280 g/mol. The van der Waals surface area contributed by atoms with E-state index in [9.17, 15) is 4.79 Å². The van der Waals surface area contributed by atoms with Crippen LogP contribution in [0.25, 0.3) is 11.0 Å². The smallest absolute Gasteiger partial charge is 0.320 e. The van der Waals surface area contributed by atoms with Crippen molar-refractivity contribution in [2.75, 3.05) is 44.2 Å². The number of aromatic nitrogens is 3. The van der Waals surface area contributed by atoms with Crippen LogP contribution < -0.4 is 4.90 Å². The number of amides is 2. The van der Waals surface area contributed by atoms with Crippen molar-refractivity contribution in [3.8, 4) is 0 Å². The van der Waals surface area contributed by atoms with Gasteiger partial charge < -0.3 is 19.7 Å². The molecule has 7 heteroatoms. The van der Waals surface area contributed by atoms with Gasteiger partial charge in [-0.3, -0.25) is 0 Å². The summed E-state index contributed by atoms with van der Waals surface area (Å²) in [5, 5.41) is 0. The van der Waals surface area contributed by atoms with Crippen LogP contribution in [0, 0.1) is 0 Å². The first-order chi connectivity index (χ1) is 10.7. The second-order valence-electron chi connectivity index (χ2n) is 5.36. The molecule has 2 amide bonds. The van der Waals surface area contributed by atoms with Gasteiger partial charge >= 0.3 is 6.03 Å². The van der Waals surface area contributed by atoms with Crippen LogP contribution >= 0.6 is 0 Å². The van der Waals surface area contributed by atoms with Gasteiger partial charge in [-0.25, -0.2) is 14.8 Å². The van der Waals surface area contributed by atoms with Crippen LogP contribution in [0.2, 0.25) is 0 Å². The monoisotopic (exact) mass is 302 g/mol. The predicted molar refractivity (Wildman–Crippen MR) is 86.0 cm³/mol. The summed E-state index contributed by atoms with van der Waals surface area (Å²) < 4.78 is 0. The van der Waals surface area contributed by atoms with Gasteiger partial charge in [-0.1, -0.05) is 0 Å². The third-order valence-electron chi connectivity index (χ3n) is 4.21. The molecule has 0 aromatic carbocycles. The van der Waals surface area contributed by atoms with Gasteiger partial charge in [-0.15, -0.1) is 0 Å². The maximum Gasteiger partial charge on any atom is 0.320 e. The molecule has 2 aromatic rings. The molecule has 1 aliphatic rings. The average molecular weight is 302 g/mol. The highest BCUT2D eigenvalue weighted by molar-refractivity contribution is 5.86. The third kappa shape index (κ3) is 2.58. The van der Waals surface area contributed by atoms with Crippen LogP contribution in [0.3, 0.4) is 0 Å². The number of nitrogens with one attached hydrogen (secondary N) is 1. The standard InChI is InChI=1S/C15H22N6O/c1-3-19(4-2)15(22)21-9-7-20(8-10-21)14-13-12(5-6-16-13)17-11-18-14/h5-6,11,16H,3-4,7-10H2,1-2H3. The van der Waals surface area contributed by atoms with E-state index in [0.717, 1.165) is 56.1 Å². The number of hydrogen-bond donors (Lipinski definition) is 1. The molecule has 7 nitrogen and oxygen atoms in total. The van der Waals surface area contributed by atoms with Crippen LogP contribution in [0.5, 0.6) is 0 Å². The number of carbonyl (C=O) groups excluding carboxylic acids is 1. The van der Waals surface area contributed by atoms with Crippen molar-refractivity contribution in [3.05, 3.63) is 18.6 Å².